The zero-order valence-electron chi connectivity index (χ0n) is 19.5. The molecule has 4 saturated carbocycles. The second-order valence-electron chi connectivity index (χ2n) is 12.6. The van der Waals surface area contributed by atoms with Crippen LogP contribution in [0.15, 0.2) is 12.7 Å². The molecule has 6 unspecified atom stereocenters. The fraction of sp³-hybridized carbons (Fsp3) is 0.926. The van der Waals surface area contributed by atoms with Crippen molar-refractivity contribution >= 4 is 8.07 Å². The maximum Gasteiger partial charge on any atom is 0.0508 e. The highest BCUT2D eigenvalue weighted by molar-refractivity contribution is 6.78. The number of hydrogen-bond donors (Lipinski definition) is 0. The molecule has 0 aromatic heterocycles. The Morgan fingerprint density at radius 3 is 1.89 bits per heavy atom. The molecule has 0 aromatic rings. The third-order valence-electron chi connectivity index (χ3n) is 10.7. The molecular weight excluding hydrogens is 352 g/mol. The molecule has 6 atom stereocenters. The Kier molecular flexibility index (Phi) is 6.24. The third kappa shape index (κ3) is 3.72. The van der Waals surface area contributed by atoms with Crippen LogP contribution in [-0.4, -0.2) is 8.07 Å². The fourth-order valence-electron chi connectivity index (χ4n) is 9.07. The second kappa shape index (κ2) is 8.24. The van der Waals surface area contributed by atoms with Gasteiger partial charge in [0.25, 0.3) is 0 Å². The summed E-state index contributed by atoms with van der Waals surface area (Å²) in [4.78, 5) is 0. The molecule has 0 spiro atoms. The first-order valence-corrected chi connectivity index (χ1v) is 16.3. The van der Waals surface area contributed by atoms with E-state index in [9.17, 15) is 0 Å². The van der Waals surface area contributed by atoms with E-state index in [4.69, 9.17) is 0 Å². The zero-order valence-corrected chi connectivity index (χ0v) is 20.5. The maximum atomic E-state index is 4.00. The van der Waals surface area contributed by atoms with Crippen molar-refractivity contribution in [1.29, 1.82) is 0 Å². The molecule has 0 bridgehead atoms. The SMILES string of the molecule is C=CCC[Si](C)(C)C1CCC(C(C)(C)C2C3CCCCC3C3CCCCC32)C1. The van der Waals surface area contributed by atoms with Crippen LogP contribution >= 0.6 is 0 Å². The van der Waals surface area contributed by atoms with E-state index < -0.39 is 8.07 Å². The maximum absolute atomic E-state index is 4.00. The van der Waals surface area contributed by atoms with Crippen molar-refractivity contribution in [3.05, 3.63) is 12.7 Å². The van der Waals surface area contributed by atoms with Crippen molar-refractivity contribution in [3.63, 3.8) is 0 Å². The van der Waals surface area contributed by atoms with Crippen molar-refractivity contribution in [2.45, 2.75) is 116 Å². The molecule has 4 fully saturated rings. The lowest BCUT2D eigenvalue weighted by Crippen LogP contribution is -2.39. The highest BCUT2D eigenvalue weighted by atomic mass is 28.3. The molecule has 0 aromatic carbocycles. The van der Waals surface area contributed by atoms with Gasteiger partial charge in [-0.05, 0) is 91.4 Å². The average molecular weight is 401 g/mol. The van der Waals surface area contributed by atoms with Gasteiger partial charge in [-0.2, -0.15) is 0 Å². The lowest BCUT2D eigenvalue weighted by molar-refractivity contribution is 0.0310. The summed E-state index contributed by atoms with van der Waals surface area (Å²) in [5.41, 5.74) is 1.65. The van der Waals surface area contributed by atoms with Gasteiger partial charge in [0.05, 0.1) is 8.07 Å². The van der Waals surface area contributed by atoms with Crippen LogP contribution in [0.1, 0.15) is 90.9 Å². The van der Waals surface area contributed by atoms with E-state index >= 15 is 0 Å². The molecule has 0 amide bonds. The number of hydrogen-bond acceptors (Lipinski definition) is 0. The van der Waals surface area contributed by atoms with Gasteiger partial charge in [-0.15, -0.1) is 6.58 Å². The number of allylic oxidation sites excluding steroid dienone is 1. The molecular formula is C27H48Si. The molecule has 0 heterocycles. The Bertz CT molecular complexity index is 524. The van der Waals surface area contributed by atoms with Crippen molar-refractivity contribution < 1.29 is 0 Å². The summed E-state index contributed by atoms with van der Waals surface area (Å²) >= 11 is 0. The summed E-state index contributed by atoms with van der Waals surface area (Å²) in [5, 5.41) is 0. The van der Waals surface area contributed by atoms with Gasteiger partial charge in [0.2, 0.25) is 0 Å². The summed E-state index contributed by atoms with van der Waals surface area (Å²) < 4.78 is 0. The van der Waals surface area contributed by atoms with E-state index in [1.54, 1.807) is 38.5 Å². The molecule has 1 heteroatoms. The minimum Gasteiger partial charge on any atom is -0.103 e. The van der Waals surface area contributed by atoms with Crippen molar-refractivity contribution in [2.75, 3.05) is 0 Å². The smallest absolute Gasteiger partial charge is 0.0508 e. The van der Waals surface area contributed by atoms with Gasteiger partial charge in [-0.1, -0.05) is 71.2 Å². The van der Waals surface area contributed by atoms with Crippen molar-refractivity contribution in [2.24, 2.45) is 40.9 Å². The van der Waals surface area contributed by atoms with Gasteiger partial charge in [0, 0.05) is 0 Å². The second-order valence-corrected chi connectivity index (χ2v) is 17.9. The minimum absolute atomic E-state index is 0.578. The standard InChI is InChI=1S/C27H48Si/c1-6-7-18-28(4,5)21-17-16-20(19-21)27(2,3)26-24-14-10-8-12-22(24)23-13-9-11-15-25(23)26/h6,20-26H,1,7-19H2,2-5H3. The molecule has 0 N–H and O–H groups in total. The lowest BCUT2D eigenvalue weighted by Gasteiger charge is -2.46. The molecule has 160 valence electrons. The van der Waals surface area contributed by atoms with Crippen LogP contribution in [0.4, 0.5) is 0 Å². The van der Waals surface area contributed by atoms with Gasteiger partial charge >= 0.3 is 0 Å². The highest BCUT2D eigenvalue weighted by Gasteiger charge is 2.57. The molecule has 4 aliphatic rings. The van der Waals surface area contributed by atoms with Crippen LogP contribution in [0.5, 0.6) is 0 Å². The first-order valence-electron chi connectivity index (χ1n) is 13.0. The molecule has 28 heavy (non-hydrogen) atoms. The van der Waals surface area contributed by atoms with E-state index in [0.29, 0.717) is 5.41 Å². The van der Waals surface area contributed by atoms with Crippen LogP contribution in [0.2, 0.25) is 24.7 Å². The summed E-state index contributed by atoms with van der Waals surface area (Å²) in [5.74, 6) is 6.44. The van der Waals surface area contributed by atoms with Gasteiger partial charge in [0.15, 0.2) is 0 Å². The van der Waals surface area contributed by atoms with Gasteiger partial charge in [-0.25, -0.2) is 0 Å². The predicted molar refractivity (Wildman–Crippen MR) is 126 cm³/mol. The Labute approximate surface area is 177 Å². The van der Waals surface area contributed by atoms with Gasteiger partial charge in [-0.3, -0.25) is 0 Å². The Morgan fingerprint density at radius 1 is 0.821 bits per heavy atom. The molecule has 0 nitrogen and oxygen atoms in total. The van der Waals surface area contributed by atoms with E-state index in [1.807, 2.05) is 0 Å². The van der Waals surface area contributed by atoms with E-state index in [0.717, 1.165) is 41.0 Å². The lowest BCUT2D eigenvalue weighted by atomic mass is 9.59. The van der Waals surface area contributed by atoms with Crippen LogP contribution < -0.4 is 0 Å². The van der Waals surface area contributed by atoms with Gasteiger partial charge in [0.1, 0.15) is 0 Å². The Balaban J connectivity index is 1.51. The third-order valence-corrected chi connectivity index (χ3v) is 15.0. The topological polar surface area (TPSA) is 0 Å². The number of rotatable bonds is 6. The number of fused-ring (bicyclic) bond motifs is 3. The average Bonchev–Trinajstić information content (AvgIpc) is 3.31. The van der Waals surface area contributed by atoms with E-state index in [-0.39, 0.29) is 0 Å². The highest BCUT2D eigenvalue weighted by Crippen LogP contribution is 2.65. The zero-order chi connectivity index (χ0) is 19.9. The largest absolute Gasteiger partial charge is 0.103 e. The van der Waals surface area contributed by atoms with Gasteiger partial charge < -0.3 is 0 Å². The minimum atomic E-state index is -1.09. The van der Waals surface area contributed by atoms with E-state index in [1.165, 1.54) is 44.6 Å². The molecule has 0 saturated heterocycles. The first kappa shape index (κ1) is 21.2. The molecule has 0 radical (unpaired) electrons. The van der Waals surface area contributed by atoms with Crippen LogP contribution in [0.3, 0.4) is 0 Å². The summed E-state index contributed by atoms with van der Waals surface area (Å²) in [7, 11) is -1.09. The summed E-state index contributed by atoms with van der Waals surface area (Å²) in [6, 6.07) is 1.47. The van der Waals surface area contributed by atoms with Crippen LogP contribution in [0, 0.1) is 40.9 Å². The Morgan fingerprint density at radius 2 is 1.36 bits per heavy atom. The monoisotopic (exact) mass is 400 g/mol. The quantitative estimate of drug-likeness (QED) is 0.309. The first-order chi connectivity index (χ1) is 13.4. The van der Waals surface area contributed by atoms with E-state index in [2.05, 4.69) is 39.6 Å². The molecule has 4 rings (SSSR count). The summed E-state index contributed by atoms with van der Waals surface area (Å²) in [6.45, 7) is 14.8. The molecule has 4 aliphatic carbocycles. The molecule has 0 aliphatic heterocycles. The van der Waals surface area contributed by atoms with Crippen LogP contribution in [0.25, 0.3) is 0 Å². The fourth-order valence-corrected chi connectivity index (χ4v) is 12.3. The van der Waals surface area contributed by atoms with Crippen LogP contribution in [-0.2, 0) is 0 Å². The Hall–Kier alpha value is -0.0431. The van der Waals surface area contributed by atoms with Crippen molar-refractivity contribution in [1.82, 2.24) is 0 Å². The summed E-state index contributed by atoms with van der Waals surface area (Å²) in [6.07, 6.45) is 20.5. The normalized spacial score (nSPS) is 41.5. The predicted octanol–water partition coefficient (Wildman–Crippen LogP) is 8.71. The van der Waals surface area contributed by atoms with Crippen molar-refractivity contribution in [3.8, 4) is 0 Å².